The number of carbonyl (C=O) groups is 1. The van der Waals surface area contributed by atoms with E-state index >= 15 is 0 Å². The zero-order valence-corrected chi connectivity index (χ0v) is 10.2. The Morgan fingerprint density at radius 2 is 2.12 bits per heavy atom. The van der Waals surface area contributed by atoms with Crippen LogP contribution < -0.4 is 0 Å². The molecule has 0 amide bonds. The Morgan fingerprint density at radius 1 is 1.38 bits per heavy atom. The van der Waals surface area contributed by atoms with E-state index in [9.17, 15) is 4.79 Å². The van der Waals surface area contributed by atoms with Crippen LogP contribution in [0.2, 0.25) is 0 Å². The van der Waals surface area contributed by atoms with Gasteiger partial charge in [0.15, 0.2) is 0 Å². The molecule has 16 heavy (non-hydrogen) atoms. The summed E-state index contributed by atoms with van der Waals surface area (Å²) >= 11 is 3.36. The largest absolute Gasteiger partial charge is 0.462 e. The van der Waals surface area contributed by atoms with E-state index in [4.69, 9.17) is 4.74 Å². The molecule has 0 unspecified atom stereocenters. The number of nitrogens with zero attached hydrogens (tertiary/aromatic N) is 2. The van der Waals surface area contributed by atoms with Crippen LogP contribution in [0.1, 0.15) is 17.3 Å². The Hall–Kier alpha value is -1.49. The number of rotatable bonds is 2. The summed E-state index contributed by atoms with van der Waals surface area (Å²) in [5.41, 5.74) is 1.87. The van der Waals surface area contributed by atoms with Crippen molar-refractivity contribution in [2.24, 2.45) is 0 Å². The Kier molecular flexibility index (Phi) is 3.14. The first kappa shape index (κ1) is 11.0. The number of esters is 1. The van der Waals surface area contributed by atoms with Crippen LogP contribution in [0.3, 0.4) is 0 Å². The lowest BCUT2D eigenvalue weighted by Crippen LogP contribution is -2.04. The van der Waals surface area contributed by atoms with Gasteiger partial charge in [0.05, 0.1) is 17.7 Å². The van der Waals surface area contributed by atoms with Crippen molar-refractivity contribution in [1.82, 2.24) is 9.97 Å². The van der Waals surface area contributed by atoms with Crippen LogP contribution in [0.4, 0.5) is 0 Å². The van der Waals surface area contributed by atoms with Crippen molar-refractivity contribution in [2.75, 3.05) is 6.61 Å². The number of aromatic nitrogens is 2. The van der Waals surface area contributed by atoms with E-state index in [-0.39, 0.29) is 5.97 Å². The Morgan fingerprint density at radius 3 is 2.88 bits per heavy atom. The maximum absolute atomic E-state index is 11.5. The van der Waals surface area contributed by atoms with Gasteiger partial charge in [-0.25, -0.2) is 4.79 Å². The average molecular weight is 281 g/mol. The number of hydrogen-bond donors (Lipinski definition) is 0. The fraction of sp³-hybridized carbons (Fsp3) is 0.182. The van der Waals surface area contributed by atoms with Gasteiger partial charge in [-0.05, 0) is 35.0 Å². The Bertz CT molecular complexity index is 542. The molecule has 5 heteroatoms. The number of hydrogen-bond acceptors (Lipinski definition) is 4. The summed E-state index contributed by atoms with van der Waals surface area (Å²) in [6.45, 7) is 2.13. The number of benzene rings is 1. The van der Waals surface area contributed by atoms with Crippen LogP contribution in [0, 0.1) is 0 Å². The zero-order chi connectivity index (χ0) is 11.5. The van der Waals surface area contributed by atoms with Crippen LogP contribution in [0.25, 0.3) is 11.0 Å². The second kappa shape index (κ2) is 4.57. The van der Waals surface area contributed by atoms with Crippen molar-refractivity contribution in [1.29, 1.82) is 0 Å². The molecule has 0 atom stereocenters. The summed E-state index contributed by atoms with van der Waals surface area (Å²) in [7, 11) is 0. The second-order valence-corrected chi connectivity index (χ2v) is 3.96. The Labute approximate surface area is 101 Å². The first-order chi connectivity index (χ1) is 7.72. The SMILES string of the molecule is CCOC(=O)c1cc(Br)c2nccnc2c1. The molecule has 0 N–H and O–H groups in total. The van der Waals surface area contributed by atoms with Gasteiger partial charge in [-0.2, -0.15) is 0 Å². The molecule has 0 saturated heterocycles. The van der Waals surface area contributed by atoms with Gasteiger partial charge >= 0.3 is 5.97 Å². The van der Waals surface area contributed by atoms with Crippen molar-refractivity contribution in [3.63, 3.8) is 0 Å². The van der Waals surface area contributed by atoms with Gasteiger partial charge in [0.25, 0.3) is 0 Å². The number of ether oxygens (including phenoxy) is 1. The van der Waals surface area contributed by atoms with Crippen LogP contribution in [-0.2, 0) is 4.74 Å². The van der Waals surface area contributed by atoms with Crippen molar-refractivity contribution < 1.29 is 9.53 Å². The molecule has 2 aromatic rings. The average Bonchev–Trinajstić information content (AvgIpc) is 2.29. The molecular formula is C11H9BrN2O2. The maximum atomic E-state index is 11.5. The third-order valence-corrected chi connectivity index (χ3v) is 2.64. The molecule has 2 rings (SSSR count). The molecule has 0 fully saturated rings. The predicted molar refractivity (Wildman–Crippen MR) is 63.2 cm³/mol. The second-order valence-electron chi connectivity index (χ2n) is 3.10. The molecule has 0 aliphatic carbocycles. The van der Waals surface area contributed by atoms with Crippen LogP contribution in [0.5, 0.6) is 0 Å². The van der Waals surface area contributed by atoms with Gasteiger partial charge in [0, 0.05) is 16.9 Å². The summed E-state index contributed by atoms with van der Waals surface area (Å²) in [6, 6.07) is 3.36. The van der Waals surface area contributed by atoms with Crippen molar-refractivity contribution >= 4 is 32.9 Å². The first-order valence-electron chi connectivity index (χ1n) is 4.79. The van der Waals surface area contributed by atoms with Gasteiger partial charge in [0.2, 0.25) is 0 Å². The minimum absolute atomic E-state index is 0.351. The summed E-state index contributed by atoms with van der Waals surface area (Å²) in [5.74, 6) is -0.351. The quantitative estimate of drug-likeness (QED) is 0.794. The third kappa shape index (κ3) is 2.04. The normalized spacial score (nSPS) is 10.4. The monoisotopic (exact) mass is 280 g/mol. The molecule has 1 aromatic carbocycles. The molecule has 4 nitrogen and oxygen atoms in total. The molecule has 1 aromatic heterocycles. The smallest absolute Gasteiger partial charge is 0.338 e. The van der Waals surface area contributed by atoms with Crippen molar-refractivity contribution in [3.05, 3.63) is 34.6 Å². The molecule has 82 valence electrons. The van der Waals surface area contributed by atoms with E-state index in [0.717, 1.165) is 9.99 Å². The lowest BCUT2D eigenvalue weighted by molar-refractivity contribution is 0.0526. The topological polar surface area (TPSA) is 52.1 Å². The number of halogens is 1. The van der Waals surface area contributed by atoms with Gasteiger partial charge in [-0.3, -0.25) is 9.97 Å². The van der Waals surface area contributed by atoms with Gasteiger partial charge in [-0.15, -0.1) is 0 Å². The molecule has 0 bridgehead atoms. The molecule has 0 saturated carbocycles. The third-order valence-electron chi connectivity index (χ3n) is 2.04. The zero-order valence-electron chi connectivity index (χ0n) is 8.61. The minimum atomic E-state index is -0.351. The van der Waals surface area contributed by atoms with E-state index in [1.807, 2.05) is 0 Å². The number of carbonyl (C=O) groups excluding carboxylic acids is 1. The molecule has 1 heterocycles. The standard InChI is InChI=1S/C11H9BrN2O2/c1-2-16-11(15)7-5-8(12)10-9(6-7)13-3-4-14-10/h3-6H,2H2,1H3. The lowest BCUT2D eigenvalue weighted by atomic mass is 10.2. The molecule has 0 spiro atoms. The maximum Gasteiger partial charge on any atom is 0.338 e. The van der Waals surface area contributed by atoms with Crippen LogP contribution >= 0.6 is 15.9 Å². The number of fused-ring (bicyclic) bond motifs is 1. The molecular weight excluding hydrogens is 272 g/mol. The van der Waals surface area contributed by atoms with E-state index in [1.54, 1.807) is 31.5 Å². The lowest BCUT2D eigenvalue weighted by Gasteiger charge is -2.04. The summed E-state index contributed by atoms with van der Waals surface area (Å²) in [5, 5.41) is 0. The van der Waals surface area contributed by atoms with E-state index in [0.29, 0.717) is 17.7 Å². The fourth-order valence-corrected chi connectivity index (χ4v) is 1.92. The highest BCUT2D eigenvalue weighted by atomic mass is 79.9. The summed E-state index contributed by atoms with van der Waals surface area (Å²) in [4.78, 5) is 19.9. The fourth-order valence-electron chi connectivity index (χ4n) is 1.36. The van der Waals surface area contributed by atoms with Crippen molar-refractivity contribution in [2.45, 2.75) is 6.92 Å². The van der Waals surface area contributed by atoms with Crippen molar-refractivity contribution in [3.8, 4) is 0 Å². The Balaban J connectivity index is 2.53. The molecule has 0 radical (unpaired) electrons. The van der Waals surface area contributed by atoms with E-state index in [2.05, 4.69) is 25.9 Å². The van der Waals surface area contributed by atoms with Crippen LogP contribution in [0.15, 0.2) is 29.0 Å². The highest BCUT2D eigenvalue weighted by Crippen LogP contribution is 2.22. The van der Waals surface area contributed by atoms with E-state index in [1.165, 1.54) is 0 Å². The van der Waals surface area contributed by atoms with Gasteiger partial charge in [0.1, 0.15) is 5.52 Å². The summed E-state index contributed by atoms with van der Waals surface area (Å²) < 4.78 is 5.66. The first-order valence-corrected chi connectivity index (χ1v) is 5.59. The van der Waals surface area contributed by atoms with Gasteiger partial charge < -0.3 is 4.74 Å². The van der Waals surface area contributed by atoms with Crippen LogP contribution in [-0.4, -0.2) is 22.5 Å². The highest BCUT2D eigenvalue weighted by Gasteiger charge is 2.10. The minimum Gasteiger partial charge on any atom is -0.462 e. The van der Waals surface area contributed by atoms with E-state index < -0.39 is 0 Å². The molecule has 0 aliphatic rings. The molecule has 0 aliphatic heterocycles. The highest BCUT2D eigenvalue weighted by molar-refractivity contribution is 9.10. The summed E-state index contributed by atoms with van der Waals surface area (Å²) in [6.07, 6.45) is 3.20. The predicted octanol–water partition coefficient (Wildman–Crippen LogP) is 2.57. The van der Waals surface area contributed by atoms with Gasteiger partial charge in [-0.1, -0.05) is 0 Å².